The van der Waals surface area contributed by atoms with Crippen molar-refractivity contribution in [1.82, 2.24) is 5.32 Å². The van der Waals surface area contributed by atoms with E-state index in [9.17, 15) is 0 Å². The van der Waals surface area contributed by atoms with Gasteiger partial charge in [0.25, 0.3) is 0 Å². The van der Waals surface area contributed by atoms with Gasteiger partial charge in [0, 0.05) is 13.2 Å². The molecule has 90 valence electrons. The van der Waals surface area contributed by atoms with Crippen LogP contribution in [0.3, 0.4) is 0 Å². The van der Waals surface area contributed by atoms with Crippen molar-refractivity contribution in [2.24, 2.45) is 0 Å². The minimum atomic E-state index is -0.0256. The number of hydrogen-bond donors (Lipinski definition) is 2. The topological polar surface area (TPSA) is 43.0 Å². The van der Waals surface area contributed by atoms with Gasteiger partial charge in [-0.2, -0.15) is 12.6 Å². The first-order valence-corrected chi connectivity index (χ1v) is 6.20. The number of unbranched alkanes of at least 4 members (excludes halogenated alkanes) is 1. The Morgan fingerprint density at radius 2 is 2.13 bits per heavy atom. The van der Waals surface area contributed by atoms with Gasteiger partial charge >= 0.3 is 0 Å². The fourth-order valence-electron chi connectivity index (χ4n) is 1.23. The van der Waals surface area contributed by atoms with Crippen LogP contribution in [0.1, 0.15) is 26.2 Å². The van der Waals surface area contributed by atoms with E-state index in [1.807, 2.05) is 0 Å². The van der Waals surface area contributed by atoms with E-state index in [-0.39, 0.29) is 12.5 Å². The molecule has 0 amide bonds. The lowest BCUT2D eigenvalue weighted by molar-refractivity contribution is 0.0444. The molecule has 2 atom stereocenters. The molecular formula is C10H21NO3S. The first-order valence-electron chi connectivity index (χ1n) is 5.57. The summed E-state index contributed by atoms with van der Waals surface area (Å²) >= 11 is 3.95. The summed E-state index contributed by atoms with van der Waals surface area (Å²) in [5, 5.41) is 3.24. The van der Waals surface area contributed by atoms with Gasteiger partial charge in [-0.05, 0) is 25.8 Å². The van der Waals surface area contributed by atoms with E-state index in [1.54, 1.807) is 0 Å². The van der Waals surface area contributed by atoms with Gasteiger partial charge in [-0.25, -0.2) is 0 Å². The number of hydrogen-bond acceptors (Lipinski definition) is 5. The minimum absolute atomic E-state index is 0.0256. The first kappa shape index (κ1) is 13.3. The summed E-state index contributed by atoms with van der Waals surface area (Å²) < 4.78 is 15.8. The summed E-state index contributed by atoms with van der Waals surface area (Å²) in [5.41, 5.74) is 0. The van der Waals surface area contributed by atoms with E-state index >= 15 is 0 Å². The van der Waals surface area contributed by atoms with Gasteiger partial charge in [0.1, 0.15) is 0 Å². The Bertz CT molecular complexity index is 160. The van der Waals surface area contributed by atoms with Crippen molar-refractivity contribution < 1.29 is 14.2 Å². The fourth-order valence-corrected chi connectivity index (χ4v) is 1.36. The zero-order chi connectivity index (χ0) is 10.9. The highest BCUT2D eigenvalue weighted by molar-refractivity contribution is 7.80. The lowest BCUT2D eigenvalue weighted by atomic mass is 10.3. The van der Waals surface area contributed by atoms with Crippen molar-refractivity contribution >= 4 is 12.6 Å². The standard InChI is InChI=1S/C10H21NO3S/c1-2-5-11-9-10(14-9)13-7-4-3-6-12-8-15/h9-11,15H,2-8H2,1H3. The highest BCUT2D eigenvalue weighted by Crippen LogP contribution is 2.20. The average molecular weight is 235 g/mol. The van der Waals surface area contributed by atoms with Gasteiger partial charge in [0.05, 0.1) is 5.94 Å². The smallest absolute Gasteiger partial charge is 0.199 e. The molecule has 1 N–H and O–H groups in total. The van der Waals surface area contributed by atoms with Gasteiger partial charge in [0.15, 0.2) is 12.5 Å². The van der Waals surface area contributed by atoms with Crippen LogP contribution in [0.4, 0.5) is 0 Å². The maximum atomic E-state index is 5.48. The van der Waals surface area contributed by atoms with Crippen molar-refractivity contribution in [2.45, 2.75) is 38.7 Å². The van der Waals surface area contributed by atoms with Gasteiger partial charge in [-0.1, -0.05) is 6.92 Å². The zero-order valence-electron chi connectivity index (χ0n) is 9.28. The molecule has 0 aliphatic carbocycles. The molecule has 0 spiro atoms. The summed E-state index contributed by atoms with van der Waals surface area (Å²) in [5.74, 6) is 0.496. The summed E-state index contributed by atoms with van der Waals surface area (Å²) in [6.07, 6.45) is 3.24. The van der Waals surface area contributed by atoms with Crippen molar-refractivity contribution in [2.75, 3.05) is 25.7 Å². The maximum absolute atomic E-state index is 5.48. The van der Waals surface area contributed by atoms with Gasteiger partial charge < -0.3 is 14.2 Å². The SMILES string of the molecule is CCCNC1OC1OCCCCOCS. The zero-order valence-corrected chi connectivity index (χ0v) is 10.2. The van der Waals surface area contributed by atoms with E-state index in [0.717, 1.165) is 39.0 Å². The summed E-state index contributed by atoms with van der Waals surface area (Å²) in [6.45, 7) is 4.62. The van der Waals surface area contributed by atoms with Crippen molar-refractivity contribution in [1.29, 1.82) is 0 Å². The molecule has 1 saturated heterocycles. The van der Waals surface area contributed by atoms with Crippen LogP contribution < -0.4 is 5.32 Å². The van der Waals surface area contributed by atoms with Crippen molar-refractivity contribution in [3.63, 3.8) is 0 Å². The highest BCUT2D eigenvalue weighted by atomic mass is 32.1. The Morgan fingerprint density at radius 1 is 1.33 bits per heavy atom. The lowest BCUT2D eigenvalue weighted by Crippen LogP contribution is -2.21. The van der Waals surface area contributed by atoms with Crippen LogP contribution in [0.2, 0.25) is 0 Å². The van der Waals surface area contributed by atoms with E-state index < -0.39 is 0 Å². The van der Waals surface area contributed by atoms with E-state index in [1.165, 1.54) is 0 Å². The summed E-state index contributed by atoms with van der Waals surface area (Å²) in [4.78, 5) is 0. The third-order valence-electron chi connectivity index (χ3n) is 2.10. The molecule has 15 heavy (non-hydrogen) atoms. The molecule has 1 fully saturated rings. The largest absolute Gasteiger partial charge is 0.371 e. The second-order valence-electron chi connectivity index (χ2n) is 3.49. The Kier molecular flexibility index (Phi) is 7.38. The Hall–Kier alpha value is 0.190. The molecule has 2 unspecified atom stereocenters. The molecule has 5 heteroatoms. The maximum Gasteiger partial charge on any atom is 0.199 e. The molecule has 1 heterocycles. The van der Waals surface area contributed by atoms with Crippen LogP contribution in [-0.4, -0.2) is 38.2 Å². The predicted octanol–water partition coefficient (Wildman–Crippen LogP) is 1.37. The van der Waals surface area contributed by atoms with Crippen molar-refractivity contribution in [3.8, 4) is 0 Å². The average Bonchev–Trinajstić information content (AvgIpc) is 2.99. The van der Waals surface area contributed by atoms with Crippen LogP contribution in [0.15, 0.2) is 0 Å². The molecule has 0 saturated carbocycles. The third kappa shape index (κ3) is 6.37. The number of thiol groups is 1. The summed E-state index contributed by atoms with van der Waals surface area (Å²) in [7, 11) is 0. The molecule has 1 aliphatic heterocycles. The lowest BCUT2D eigenvalue weighted by Gasteiger charge is -2.01. The Balaban J connectivity index is 1.78. The van der Waals surface area contributed by atoms with E-state index in [4.69, 9.17) is 14.2 Å². The van der Waals surface area contributed by atoms with Gasteiger partial charge in [0.2, 0.25) is 0 Å². The van der Waals surface area contributed by atoms with Crippen LogP contribution in [0, 0.1) is 0 Å². The molecule has 1 rings (SSSR count). The van der Waals surface area contributed by atoms with Crippen LogP contribution in [0.25, 0.3) is 0 Å². The first-order chi connectivity index (χ1) is 7.38. The molecule has 0 aromatic heterocycles. The van der Waals surface area contributed by atoms with Crippen LogP contribution >= 0.6 is 12.6 Å². The monoisotopic (exact) mass is 235 g/mol. The second-order valence-corrected chi connectivity index (χ2v) is 3.75. The van der Waals surface area contributed by atoms with Crippen LogP contribution in [-0.2, 0) is 14.2 Å². The number of ether oxygens (including phenoxy) is 3. The minimum Gasteiger partial charge on any atom is -0.371 e. The highest BCUT2D eigenvalue weighted by Gasteiger charge is 2.39. The summed E-state index contributed by atoms with van der Waals surface area (Å²) in [6, 6.07) is 0. The third-order valence-corrected chi connectivity index (χ3v) is 2.29. The molecule has 0 aromatic carbocycles. The molecular weight excluding hydrogens is 214 g/mol. The molecule has 1 aliphatic rings. The predicted molar refractivity (Wildman–Crippen MR) is 61.9 cm³/mol. The fraction of sp³-hybridized carbons (Fsp3) is 1.00. The number of epoxide rings is 1. The second kappa shape index (κ2) is 8.35. The Morgan fingerprint density at radius 3 is 2.87 bits per heavy atom. The Labute approximate surface area is 97.1 Å². The molecule has 0 bridgehead atoms. The van der Waals surface area contributed by atoms with Crippen molar-refractivity contribution in [3.05, 3.63) is 0 Å². The van der Waals surface area contributed by atoms with E-state index in [0.29, 0.717) is 5.94 Å². The van der Waals surface area contributed by atoms with Gasteiger partial charge in [-0.15, -0.1) is 0 Å². The number of rotatable bonds is 10. The molecule has 0 aromatic rings. The number of nitrogens with one attached hydrogen (secondary N) is 1. The molecule has 0 radical (unpaired) electrons. The molecule has 4 nitrogen and oxygen atoms in total. The normalized spacial score (nSPS) is 24.4. The van der Waals surface area contributed by atoms with E-state index in [2.05, 4.69) is 24.9 Å². The quantitative estimate of drug-likeness (QED) is 0.260. The van der Waals surface area contributed by atoms with Gasteiger partial charge in [-0.3, -0.25) is 5.32 Å². The van der Waals surface area contributed by atoms with Crippen LogP contribution in [0.5, 0.6) is 0 Å².